The summed E-state index contributed by atoms with van der Waals surface area (Å²) in [5, 5.41) is 3.16. The average Bonchev–Trinajstić information content (AvgIpc) is 2.67. The molecule has 2 heterocycles. The number of carbonyl (C=O) groups excluding carboxylic acids is 1. The second-order valence-corrected chi connectivity index (χ2v) is 6.91. The zero-order valence-electron chi connectivity index (χ0n) is 14.6. The van der Waals surface area contributed by atoms with Crippen LogP contribution in [0.15, 0.2) is 30.3 Å². The second-order valence-electron chi connectivity index (χ2n) is 6.91. The maximum Gasteiger partial charge on any atom is 0.227 e. The fourth-order valence-corrected chi connectivity index (χ4v) is 3.76. The van der Waals surface area contributed by atoms with Crippen molar-refractivity contribution in [2.75, 3.05) is 32.9 Å². The lowest BCUT2D eigenvalue weighted by Crippen LogP contribution is -2.50. The molecule has 2 aliphatic rings. The first-order valence-corrected chi connectivity index (χ1v) is 8.98. The van der Waals surface area contributed by atoms with Crippen molar-refractivity contribution >= 4 is 18.3 Å². The van der Waals surface area contributed by atoms with Gasteiger partial charge in [-0.3, -0.25) is 4.79 Å². The van der Waals surface area contributed by atoms with Gasteiger partial charge in [-0.15, -0.1) is 12.4 Å². The fraction of sp³-hybridized carbons (Fsp3) is 0.632. The number of nitrogens with one attached hydrogen (secondary N) is 1. The molecule has 2 aliphatic heterocycles. The Balaban J connectivity index is 0.00000225. The van der Waals surface area contributed by atoms with Crippen LogP contribution in [0.2, 0.25) is 0 Å². The molecule has 0 bridgehead atoms. The molecule has 2 atom stereocenters. The molecule has 0 aromatic heterocycles. The van der Waals surface area contributed by atoms with E-state index in [0.29, 0.717) is 45.1 Å². The molecule has 1 aromatic carbocycles. The molecule has 1 aromatic rings. The highest BCUT2D eigenvalue weighted by Gasteiger charge is 2.39. The van der Waals surface area contributed by atoms with Crippen LogP contribution < -0.4 is 11.1 Å². The van der Waals surface area contributed by atoms with E-state index in [4.69, 9.17) is 15.2 Å². The predicted octanol–water partition coefficient (Wildman–Crippen LogP) is 2.45. The van der Waals surface area contributed by atoms with E-state index in [1.807, 2.05) is 18.2 Å². The number of benzene rings is 1. The highest BCUT2D eigenvalue weighted by Crippen LogP contribution is 2.34. The number of nitrogens with two attached hydrogens (primary N) is 1. The maximum absolute atomic E-state index is 12.7. The van der Waals surface area contributed by atoms with Crippen LogP contribution in [0.1, 0.15) is 37.4 Å². The quantitative estimate of drug-likeness (QED) is 0.837. The van der Waals surface area contributed by atoms with Gasteiger partial charge in [-0.1, -0.05) is 30.3 Å². The van der Waals surface area contributed by atoms with Gasteiger partial charge in [-0.05, 0) is 31.2 Å². The van der Waals surface area contributed by atoms with E-state index in [0.717, 1.165) is 19.4 Å². The third kappa shape index (κ3) is 4.73. The van der Waals surface area contributed by atoms with Gasteiger partial charge in [0.1, 0.15) is 0 Å². The Kier molecular flexibility index (Phi) is 7.69. The third-order valence-corrected chi connectivity index (χ3v) is 5.42. The first-order valence-electron chi connectivity index (χ1n) is 8.98. The van der Waals surface area contributed by atoms with Crippen LogP contribution in [0.25, 0.3) is 0 Å². The number of halogens is 1. The highest BCUT2D eigenvalue weighted by molar-refractivity contribution is 5.85. The summed E-state index contributed by atoms with van der Waals surface area (Å²) in [7, 11) is 0. The number of rotatable bonds is 5. The monoisotopic (exact) mass is 368 g/mol. The van der Waals surface area contributed by atoms with Crippen molar-refractivity contribution in [3.8, 4) is 0 Å². The van der Waals surface area contributed by atoms with Crippen LogP contribution in [-0.4, -0.2) is 38.8 Å². The van der Waals surface area contributed by atoms with E-state index in [1.165, 1.54) is 5.56 Å². The molecule has 1 amide bonds. The molecule has 25 heavy (non-hydrogen) atoms. The first-order chi connectivity index (χ1) is 11.7. The van der Waals surface area contributed by atoms with Gasteiger partial charge in [-0.2, -0.15) is 0 Å². The Morgan fingerprint density at radius 3 is 2.60 bits per heavy atom. The molecule has 6 heteroatoms. The molecule has 0 aliphatic carbocycles. The van der Waals surface area contributed by atoms with Gasteiger partial charge in [0.15, 0.2) is 0 Å². The molecule has 3 N–H and O–H groups in total. The van der Waals surface area contributed by atoms with Crippen molar-refractivity contribution in [1.82, 2.24) is 5.32 Å². The third-order valence-electron chi connectivity index (χ3n) is 5.42. The minimum absolute atomic E-state index is 0. The summed E-state index contributed by atoms with van der Waals surface area (Å²) in [6, 6.07) is 10.3. The highest BCUT2D eigenvalue weighted by atomic mass is 35.5. The summed E-state index contributed by atoms with van der Waals surface area (Å²) in [4.78, 5) is 12.7. The summed E-state index contributed by atoms with van der Waals surface area (Å²) >= 11 is 0. The smallest absolute Gasteiger partial charge is 0.227 e. The molecule has 5 nitrogen and oxygen atoms in total. The molecule has 0 saturated carbocycles. The number of ether oxygens (including phenoxy) is 2. The lowest BCUT2D eigenvalue weighted by atomic mass is 9.79. The van der Waals surface area contributed by atoms with Crippen LogP contribution in [0.3, 0.4) is 0 Å². The number of hydrogen-bond donors (Lipinski definition) is 2. The number of carbonyl (C=O) groups is 1. The van der Waals surface area contributed by atoms with E-state index in [2.05, 4.69) is 17.4 Å². The molecule has 3 rings (SSSR count). The molecule has 2 unspecified atom stereocenters. The summed E-state index contributed by atoms with van der Waals surface area (Å²) < 4.78 is 11.4. The largest absolute Gasteiger partial charge is 0.381 e. The molecule has 0 radical (unpaired) electrons. The van der Waals surface area contributed by atoms with Crippen LogP contribution >= 0.6 is 12.4 Å². The van der Waals surface area contributed by atoms with Gasteiger partial charge in [0.2, 0.25) is 5.91 Å². The number of hydrogen-bond acceptors (Lipinski definition) is 4. The Labute approximate surface area is 156 Å². The lowest BCUT2D eigenvalue weighted by molar-refractivity contribution is -0.136. The van der Waals surface area contributed by atoms with Gasteiger partial charge >= 0.3 is 0 Å². The van der Waals surface area contributed by atoms with Crippen molar-refractivity contribution < 1.29 is 14.3 Å². The summed E-state index contributed by atoms with van der Waals surface area (Å²) in [5.41, 5.74) is 6.65. The second kappa shape index (κ2) is 9.53. The first kappa shape index (κ1) is 20.2. The fourth-order valence-electron chi connectivity index (χ4n) is 3.76. The van der Waals surface area contributed by atoms with Crippen LogP contribution in [0, 0.1) is 11.3 Å². The van der Waals surface area contributed by atoms with E-state index in [9.17, 15) is 4.79 Å². The van der Waals surface area contributed by atoms with Gasteiger partial charge in [0.25, 0.3) is 0 Å². The SMILES string of the molecule is Cl.NCC1(C(=O)NCC2CCCOC2c2ccccc2)CCOCC1. The van der Waals surface area contributed by atoms with Crippen molar-refractivity contribution in [1.29, 1.82) is 0 Å². The van der Waals surface area contributed by atoms with Gasteiger partial charge in [0, 0.05) is 38.8 Å². The van der Waals surface area contributed by atoms with Gasteiger partial charge in [-0.25, -0.2) is 0 Å². The summed E-state index contributed by atoms with van der Waals surface area (Å²) in [6.07, 6.45) is 3.58. The minimum atomic E-state index is -0.462. The Morgan fingerprint density at radius 1 is 1.20 bits per heavy atom. The van der Waals surface area contributed by atoms with E-state index in [1.54, 1.807) is 0 Å². The normalized spacial score (nSPS) is 25.6. The van der Waals surface area contributed by atoms with Crippen LogP contribution in [0.4, 0.5) is 0 Å². The molecule has 140 valence electrons. The Hall–Kier alpha value is -1.14. The van der Waals surface area contributed by atoms with Crippen molar-refractivity contribution in [3.05, 3.63) is 35.9 Å². The van der Waals surface area contributed by atoms with Crippen molar-refractivity contribution in [2.45, 2.75) is 31.8 Å². The topological polar surface area (TPSA) is 73.6 Å². The standard InChI is InChI=1S/C19H28N2O3.ClH/c20-14-19(8-11-23-12-9-19)18(22)21-13-16-7-4-10-24-17(16)15-5-2-1-3-6-15;/h1-3,5-6,16-17H,4,7-14,20H2,(H,21,22);1H. The summed E-state index contributed by atoms with van der Waals surface area (Å²) in [6.45, 7) is 3.04. The van der Waals surface area contributed by atoms with Gasteiger partial charge < -0.3 is 20.5 Å². The molecule has 2 fully saturated rings. The zero-order chi connectivity index (χ0) is 16.8. The Bertz CT molecular complexity index is 535. The minimum Gasteiger partial charge on any atom is -0.381 e. The molecular weight excluding hydrogens is 340 g/mol. The lowest BCUT2D eigenvalue weighted by Gasteiger charge is -2.36. The van der Waals surface area contributed by atoms with E-state index in [-0.39, 0.29) is 24.4 Å². The van der Waals surface area contributed by atoms with Crippen LogP contribution in [-0.2, 0) is 14.3 Å². The zero-order valence-corrected chi connectivity index (χ0v) is 15.4. The average molecular weight is 369 g/mol. The molecule has 2 saturated heterocycles. The summed E-state index contributed by atoms with van der Waals surface area (Å²) in [5.74, 6) is 0.380. The molecular formula is C19H29ClN2O3. The van der Waals surface area contributed by atoms with Crippen LogP contribution in [0.5, 0.6) is 0 Å². The predicted molar refractivity (Wildman–Crippen MR) is 99.7 cm³/mol. The molecule has 0 spiro atoms. The Morgan fingerprint density at radius 2 is 1.92 bits per heavy atom. The van der Waals surface area contributed by atoms with Crippen molar-refractivity contribution in [2.24, 2.45) is 17.1 Å². The van der Waals surface area contributed by atoms with E-state index >= 15 is 0 Å². The maximum atomic E-state index is 12.7. The van der Waals surface area contributed by atoms with Gasteiger partial charge in [0.05, 0.1) is 11.5 Å². The van der Waals surface area contributed by atoms with E-state index < -0.39 is 5.41 Å². The number of amides is 1. The van der Waals surface area contributed by atoms with Crippen molar-refractivity contribution in [3.63, 3.8) is 0 Å².